The number of aryl methyl sites for hydroxylation is 1. The summed E-state index contributed by atoms with van der Waals surface area (Å²) in [4.78, 5) is 22.3. The molecular formula is C29H26N4O3. The van der Waals surface area contributed by atoms with Gasteiger partial charge in [0.05, 0.1) is 18.7 Å². The van der Waals surface area contributed by atoms with Crippen LogP contribution in [0.4, 0.5) is 11.5 Å². The van der Waals surface area contributed by atoms with Crippen molar-refractivity contribution in [1.29, 1.82) is 0 Å². The highest BCUT2D eigenvalue weighted by molar-refractivity contribution is 5.91. The first-order chi connectivity index (χ1) is 17.5. The van der Waals surface area contributed by atoms with Gasteiger partial charge in [-0.15, -0.1) is 0 Å². The molecule has 1 amide bonds. The topological polar surface area (TPSA) is 76.6 Å². The Labute approximate surface area is 210 Å². The molecule has 0 bridgehead atoms. The van der Waals surface area contributed by atoms with Crippen LogP contribution in [-0.2, 0) is 9.53 Å². The van der Waals surface area contributed by atoms with Crippen LogP contribution in [0.3, 0.4) is 0 Å². The highest BCUT2D eigenvalue weighted by atomic mass is 16.5. The number of para-hydroxylation sites is 1. The Kier molecular flexibility index (Phi) is 6.78. The molecule has 180 valence electrons. The predicted octanol–water partition coefficient (Wildman–Crippen LogP) is 5.07. The molecular weight excluding hydrogens is 452 g/mol. The lowest BCUT2D eigenvalue weighted by Gasteiger charge is -2.29. The standard InChI is InChI=1S/C29H26N4O3/c1-20-16-23(10-13-28(20)36-24-6-4-3-5-7-24)32-29-26-17-22(9-12-27(26)30-19-31-29)8-11-25-18-33(21(2)34)14-15-35-25/h3-7,9-10,12-13,16-17,19,25H,14-15,18H2,1-2H3,(H,30,31,32). The first-order valence-electron chi connectivity index (χ1n) is 11.8. The molecule has 0 saturated carbocycles. The number of nitrogens with zero attached hydrogens (tertiary/aromatic N) is 3. The minimum absolute atomic E-state index is 0.0403. The Morgan fingerprint density at radius 1 is 1.11 bits per heavy atom. The number of nitrogens with one attached hydrogen (secondary N) is 1. The molecule has 1 atom stereocenters. The van der Waals surface area contributed by atoms with Gasteiger partial charge in [-0.25, -0.2) is 9.97 Å². The van der Waals surface area contributed by atoms with Crippen LogP contribution >= 0.6 is 0 Å². The zero-order chi connectivity index (χ0) is 24.9. The number of amides is 1. The minimum atomic E-state index is -0.303. The van der Waals surface area contributed by atoms with Crippen molar-refractivity contribution in [2.45, 2.75) is 20.0 Å². The molecule has 1 aromatic heterocycles. The third-order valence-corrected chi connectivity index (χ3v) is 5.93. The summed E-state index contributed by atoms with van der Waals surface area (Å²) in [5.74, 6) is 8.66. The lowest BCUT2D eigenvalue weighted by atomic mass is 10.1. The van der Waals surface area contributed by atoms with E-state index in [0.717, 1.165) is 39.2 Å². The number of hydrogen-bond acceptors (Lipinski definition) is 6. The third kappa shape index (κ3) is 5.45. The van der Waals surface area contributed by atoms with Crippen molar-refractivity contribution in [3.8, 4) is 23.3 Å². The Bertz CT molecular complexity index is 1460. The van der Waals surface area contributed by atoms with Crippen molar-refractivity contribution in [2.24, 2.45) is 0 Å². The van der Waals surface area contributed by atoms with E-state index >= 15 is 0 Å². The van der Waals surface area contributed by atoms with Gasteiger partial charge >= 0.3 is 0 Å². The lowest BCUT2D eigenvalue weighted by molar-refractivity contribution is -0.134. The molecule has 1 saturated heterocycles. The van der Waals surface area contributed by atoms with Crippen LogP contribution < -0.4 is 10.1 Å². The number of ether oxygens (including phenoxy) is 2. The van der Waals surface area contributed by atoms with Crippen molar-refractivity contribution >= 4 is 28.3 Å². The predicted molar refractivity (Wildman–Crippen MR) is 139 cm³/mol. The van der Waals surface area contributed by atoms with Gasteiger partial charge in [0.15, 0.2) is 0 Å². The minimum Gasteiger partial charge on any atom is -0.457 e. The smallest absolute Gasteiger partial charge is 0.219 e. The maximum absolute atomic E-state index is 11.7. The number of carbonyl (C=O) groups excluding carboxylic acids is 1. The van der Waals surface area contributed by atoms with Crippen molar-refractivity contribution in [3.63, 3.8) is 0 Å². The molecule has 36 heavy (non-hydrogen) atoms. The van der Waals surface area contributed by atoms with E-state index in [2.05, 4.69) is 27.1 Å². The Balaban J connectivity index is 1.36. The Hall–Kier alpha value is -4.41. The first kappa shape index (κ1) is 23.3. The number of aromatic nitrogens is 2. The average Bonchev–Trinajstić information content (AvgIpc) is 2.90. The summed E-state index contributed by atoms with van der Waals surface area (Å²) >= 11 is 0. The van der Waals surface area contributed by atoms with Crippen LogP contribution in [0.1, 0.15) is 18.1 Å². The highest BCUT2D eigenvalue weighted by Crippen LogP contribution is 2.30. The fraction of sp³-hybridized carbons (Fsp3) is 0.207. The molecule has 0 spiro atoms. The van der Waals surface area contributed by atoms with Crippen LogP contribution in [0.15, 0.2) is 73.1 Å². The van der Waals surface area contributed by atoms with E-state index in [1.807, 2.05) is 73.7 Å². The molecule has 7 heteroatoms. The zero-order valence-electron chi connectivity index (χ0n) is 20.2. The number of rotatable bonds is 4. The van der Waals surface area contributed by atoms with Crippen LogP contribution in [-0.4, -0.2) is 46.6 Å². The molecule has 2 heterocycles. The van der Waals surface area contributed by atoms with Crippen LogP contribution in [0, 0.1) is 18.8 Å². The average molecular weight is 479 g/mol. The van der Waals surface area contributed by atoms with Gasteiger partial charge in [-0.2, -0.15) is 0 Å². The summed E-state index contributed by atoms with van der Waals surface area (Å²) in [6, 6.07) is 21.5. The Morgan fingerprint density at radius 2 is 1.97 bits per heavy atom. The van der Waals surface area contributed by atoms with E-state index in [0.29, 0.717) is 25.5 Å². The maximum Gasteiger partial charge on any atom is 0.219 e. The van der Waals surface area contributed by atoms with Gasteiger partial charge in [0.2, 0.25) is 5.91 Å². The molecule has 1 aliphatic heterocycles. The SMILES string of the molecule is CC(=O)N1CCOC(C#Cc2ccc3ncnc(Nc4ccc(Oc5ccccc5)c(C)c4)c3c2)C1. The van der Waals surface area contributed by atoms with E-state index in [1.54, 1.807) is 18.2 Å². The second-order valence-corrected chi connectivity index (χ2v) is 8.57. The van der Waals surface area contributed by atoms with Crippen molar-refractivity contribution in [3.05, 3.63) is 84.2 Å². The summed E-state index contributed by atoms with van der Waals surface area (Å²) in [7, 11) is 0. The molecule has 7 nitrogen and oxygen atoms in total. The van der Waals surface area contributed by atoms with E-state index in [-0.39, 0.29) is 12.0 Å². The van der Waals surface area contributed by atoms with Gasteiger partial charge in [-0.3, -0.25) is 4.79 Å². The van der Waals surface area contributed by atoms with Crippen molar-refractivity contribution < 1.29 is 14.3 Å². The fourth-order valence-corrected chi connectivity index (χ4v) is 4.01. The second kappa shape index (κ2) is 10.5. The van der Waals surface area contributed by atoms with Gasteiger partial charge in [0.25, 0.3) is 0 Å². The van der Waals surface area contributed by atoms with Gasteiger partial charge in [0.1, 0.15) is 29.7 Å². The molecule has 1 N–H and O–H groups in total. The van der Waals surface area contributed by atoms with Gasteiger partial charge in [0, 0.05) is 30.1 Å². The van der Waals surface area contributed by atoms with Crippen molar-refractivity contribution in [1.82, 2.24) is 14.9 Å². The van der Waals surface area contributed by atoms with E-state index in [9.17, 15) is 4.79 Å². The van der Waals surface area contributed by atoms with Crippen molar-refractivity contribution in [2.75, 3.05) is 25.0 Å². The van der Waals surface area contributed by atoms with E-state index in [4.69, 9.17) is 9.47 Å². The number of fused-ring (bicyclic) bond motifs is 1. The monoisotopic (exact) mass is 478 g/mol. The van der Waals surface area contributed by atoms with Gasteiger partial charge in [-0.1, -0.05) is 30.0 Å². The first-order valence-corrected chi connectivity index (χ1v) is 11.8. The summed E-state index contributed by atoms with van der Waals surface area (Å²) in [5.41, 5.74) is 3.53. The molecule has 4 aromatic rings. The molecule has 0 radical (unpaired) electrons. The highest BCUT2D eigenvalue weighted by Gasteiger charge is 2.20. The number of morpholine rings is 1. The largest absolute Gasteiger partial charge is 0.457 e. The van der Waals surface area contributed by atoms with Gasteiger partial charge < -0.3 is 19.7 Å². The summed E-state index contributed by atoms with van der Waals surface area (Å²) in [6.45, 7) is 5.16. The number of benzene rings is 3. The number of anilines is 2. The maximum atomic E-state index is 11.7. The van der Waals surface area contributed by atoms with Gasteiger partial charge in [-0.05, 0) is 61.0 Å². The summed E-state index contributed by atoms with van der Waals surface area (Å²) in [5, 5.41) is 4.27. The summed E-state index contributed by atoms with van der Waals surface area (Å²) in [6.07, 6.45) is 1.24. The van der Waals surface area contributed by atoms with Crippen LogP contribution in [0.25, 0.3) is 10.9 Å². The molecule has 1 unspecified atom stereocenters. The summed E-state index contributed by atoms with van der Waals surface area (Å²) < 4.78 is 11.7. The van der Waals surface area contributed by atoms with E-state index in [1.165, 1.54) is 0 Å². The second-order valence-electron chi connectivity index (χ2n) is 8.57. The Morgan fingerprint density at radius 3 is 2.78 bits per heavy atom. The molecule has 0 aliphatic carbocycles. The molecule has 1 aliphatic rings. The zero-order valence-corrected chi connectivity index (χ0v) is 20.2. The third-order valence-electron chi connectivity index (χ3n) is 5.93. The molecule has 5 rings (SSSR count). The van der Waals surface area contributed by atoms with Crippen LogP contribution in [0.5, 0.6) is 11.5 Å². The normalized spacial score (nSPS) is 15.2. The van der Waals surface area contributed by atoms with E-state index < -0.39 is 0 Å². The van der Waals surface area contributed by atoms with Crippen LogP contribution in [0.2, 0.25) is 0 Å². The fourth-order valence-electron chi connectivity index (χ4n) is 4.01. The molecule has 1 fully saturated rings. The number of hydrogen-bond donors (Lipinski definition) is 1. The molecule has 3 aromatic carbocycles. The number of carbonyl (C=O) groups is 1. The lowest BCUT2D eigenvalue weighted by Crippen LogP contribution is -2.44. The quantitative estimate of drug-likeness (QED) is 0.413.